The van der Waals surface area contributed by atoms with E-state index in [1.54, 1.807) is 0 Å². The van der Waals surface area contributed by atoms with Crippen molar-refractivity contribution in [2.24, 2.45) is 0 Å². The molecule has 1 aromatic carbocycles. The van der Waals surface area contributed by atoms with E-state index >= 15 is 0 Å². The summed E-state index contributed by atoms with van der Waals surface area (Å²) in [6, 6.07) is 8.08. The highest BCUT2D eigenvalue weighted by atomic mass is 16.1. The zero-order chi connectivity index (χ0) is 16.4. The average molecular weight is 312 g/mol. The Kier molecular flexibility index (Phi) is 4.48. The van der Waals surface area contributed by atoms with Gasteiger partial charge in [0.15, 0.2) is 0 Å². The molecule has 0 atom stereocenters. The van der Waals surface area contributed by atoms with Gasteiger partial charge in [-0.25, -0.2) is 4.98 Å². The van der Waals surface area contributed by atoms with Crippen LogP contribution in [0.2, 0.25) is 0 Å². The molecule has 2 aromatic rings. The van der Waals surface area contributed by atoms with Crippen molar-refractivity contribution in [3.63, 3.8) is 0 Å². The van der Waals surface area contributed by atoms with E-state index in [4.69, 9.17) is 4.98 Å². The van der Waals surface area contributed by atoms with Crippen LogP contribution in [0.15, 0.2) is 24.3 Å². The lowest BCUT2D eigenvalue weighted by Gasteiger charge is -2.33. The number of rotatable bonds is 3. The Morgan fingerprint density at radius 2 is 1.96 bits per heavy atom. The number of amides is 1. The molecule has 0 spiro atoms. The number of aryl methyl sites for hydroxylation is 1. The molecule has 1 aliphatic rings. The lowest BCUT2D eigenvalue weighted by atomic mass is 10.1. The summed E-state index contributed by atoms with van der Waals surface area (Å²) in [5.74, 6) is 1.08. The van der Waals surface area contributed by atoms with Crippen LogP contribution in [0.4, 0.5) is 11.5 Å². The van der Waals surface area contributed by atoms with Gasteiger partial charge in [-0.15, -0.1) is 0 Å². The maximum Gasteiger partial charge on any atom is 0.224 e. The van der Waals surface area contributed by atoms with Crippen molar-refractivity contribution in [1.29, 1.82) is 0 Å². The zero-order valence-electron chi connectivity index (χ0n) is 14.1. The van der Waals surface area contributed by atoms with E-state index in [-0.39, 0.29) is 5.91 Å². The number of likely N-dealkylation sites (N-methyl/N-ethyl adjacent to an activating group) is 1. The first-order valence-electron chi connectivity index (χ1n) is 8.21. The molecule has 122 valence electrons. The second kappa shape index (κ2) is 6.54. The molecule has 2 heterocycles. The summed E-state index contributed by atoms with van der Waals surface area (Å²) < 4.78 is 0. The van der Waals surface area contributed by atoms with Crippen LogP contribution in [0.5, 0.6) is 0 Å². The molecular formula is C18H24N4O. The zero-order valence-corrected chi connectivity index (χ0v) is 14.1. The number of benzene rings is 1. The molecule has 1 amide bonds. The summed E-state index contributed by atoms with van der Waals surface area (Å²) in [4.78, 5) is 21.1. The van der Waals surface area contributed by atoms with Crippen LogP contribution >= 0.6 is 0 Å². The first kappa shape index (κ1) is 15.7. The second-order valence-corrected chi connectivity index (χ2v) is 6.22. The number of aromatic nitrogens is 1. The number of carbonyl (C=O) groups excluding carboxylic acids is 1. The van der Waals surface area contributed by atoms with E-state index in [2.05, 4.69) is 35.2 Å². The standard InChI is InChI=1S/C18H24N4O/c1-4-18(23)19-14-5-6-16-15(12-14)13(2)11-17(20-16)22-9-7-21(3)8-10-22/h5-6,11-12H,4,7-10H2,1-3H3,(H,19,23). The molecule has 0 bridgehead atoms. The summed E-state index contributed by atoms with van der Waals surface area (Å²) in [5, 5.41) is 4.01. The van der Waals surface area contributed by atoms with Crippen molar-refractivity contribution in [2.45, 2.75) is 20.3 Å². The molecule has 3 rings (SSSR count). The van der Waals surface area contributed by atoms with Crippen molar-refractivity contribution in [3.8, 4) is 0 Å². The van der Waals surface area contributed by atoms with Gasteiger partial charge in [0, 0.05) is 43.7 Å². The smallest absolute Gasteiger partial charge is 0.224 e. The molecule has 23 heavy (non-hydrogen) atoms. The molecule has 1 saturated heterocycles. The topological polar surface area (TPSA) is 48.5 Å². The van der Waals surface area contributed by atoms with Crippen LogP contribution in [0.25, 0.3) is 10.9 Å². The summed E-state index contributed by atoms with van der Waals surface area (Å²) in [7, 11) is 2.16. The van der Waals surface area contributed by atoms with Gasteiger partial charge >= 0.3 is 0 Å². The fourth-order valence-electron chi connectivity index (χ4n) is 2.90. The van der Waals surface area contributed by atoms with Crippen LogP contribution < -0.4 is 10.2 Å². The van der Waals surface area contributed by atoms with Gasteiger partial charge < -0.3 is 15.1 Å². The van der Waals surface area contributed by atoms with Gasteiger partial charge in [0.1, 0.15) is 5.82 Å². The number of nitrogens with one attached hydrogen (secondary N) is 1. The van der Waals surface area contributed by atoms with Gasteiger partial charge in [-0.2, -0.15) is 0 Å². The highest BCUT2D eigenvalue weighted by molar-refractivity contribution is 5.94. The minimum Gasteiger partial charge on any atom is -0.354 e. The summed E-state index contributed by atoms with van der Waals surface area (Å²) in [6.07, 6.45) is 0.484. The molecule has 1 aliphatic heterocycles. The Labute approximate surface area is 137 Å². The molecule has 0 unspecified atom stereocenters. The van der Waals surface area contributed by atoms with E-state index in [0.29, 0.717) is 6.42 Å². The largest absolute Gasteiger partial charge is 0.354 e. The maximum absolute atomic E-state index is 11.6. The van der Waals surface area contributed by atoms with Crippen LogP contribution in [0.1, 0.15) is 18.9 Å². The Bertz CT molecular complexity index is 720. The first-order chi connectivity index (χ1) is 11.1. The molecular weight excluding hydrogens is 288 g/mol. The van der Waals surface area contributed by atoms with E-state index in [1.807, 2.05) is 25.1 Å². The number of carbonyl (C=O) groups is 1. The predicted molar refractivity (Wildman–Crippen MR) is 95.1 cm³/mol. The van der Waals surface area contributed by atoms with Gasteiger partial charge in [-0.1, -0.05) is 6.92 Å². The number of hydrogen-bond acceptors (Lipinski definition) is 4. The quantitative estimate of drug-likeness (QED) is 0.946. The first-order valence-corrected chi connectivity index (χ1v) is 8.21. The molecule has 0 saturated carbocycles. The monoisotopic (exact) mass is 312 g/mol. The highest BCUT2D eigenvalue weighted by Gasteiger charge is 2.16. The molecule has 5 nitrogen and oxygen atoms in total. The molecule has 0 radical (unpaired) electrons. The number of nitrogens with zero attached hydrogens (tertiary/aromatic N) is 3. The minimum absolute atomic E-state index is 0.0315. The van der Waals surface area contributed by atoms with Gasteiger partial charge in [0.2, 0.25) is 5.91 Å². The number of piperazine rings is 1. The van der Waals surface area contributed by atoms with Crippen molar-refractivity contribution >= 4 is 28.3 Å². The van der Waals surface area contributed by atoms with Crippen LogP contribution in [-0.4, -0.2) is 49.0 Å². The van der Waals surface area contributed by atoms with E-state index in [1.165, 1.54) is 5.56 Å². The summed E-state index contributed by atoms with van der Waals surface area (Å²) >= 11 is 0. The molecule has 1 aromatic heterocycles. The second-order valence-electron chi connectivity index (χ2n) is 6.22. The Hall–Kier alpha value is -2.14. The van der Waals surface area contributed by atoms with Gasteiger partial charge in [-0.05, 0) is 43.8 Å². The predicted octanol–water partition coefficient (Wildman–Crippen LogP) is 2.64. The maximum atomic E-state index is 11.6. The van der Waals surface area contributed by atoms with Crippen LogP contribution in [0, 0.1) is 6.92 Å². The number of fused-ring (bicyclic) bond motifs is 1. The fourth-order valence-corrected chi connectivity index (χ4v) is 2.90. The molecule has 0 aliphatic carbocycles. The lowest BCUT2D eigenvalue weighted by Crippen LogP contribution is -2.44. The molecule has 5 heteroatoms. The van der Waals surface area contributed by atoms with Crippen LogP contribution in [-0.2, 0) is 4.79 Å². The third-order valence-electron chi connectivity index (χ3n) is 4.43. The third kappa shape index (κ3) is 3.45. The third-order valence-corrected chi connectivity index (χ3v) is 4.43. The minimum atomic E-state index is 0.0315. The van der Waals surface area contributed by atoms with Crippen LogP contribution in [0.3, 0.4) is 0 Å². The SMILES string of the molecule is CCC(=O)Nc1ccc2nc(N3CCN(C)CC3)cc(C)c2c1. The van der Waals surface area contributed by atoms with Crippen molar-refractivity contribution in [2.75, 3.05) is 43.4 Å². The van der Waals surface area contributed by atoms with E-state index in [0.717, 1.165) is 48.6 Å². The van der Waals surface area contributed by atoms with Crippen molar-refractivity contribution < 1.29 is 4.79 Å². The fraction of sp³-hybridized carbons (Fsp3) is 0.444. The molecule has 1 fully saturated rings. The van der Waals surface area contributed by atoms with E-state index < -0.39 is 0 Å². The lowest BCUT2D eigenvalue weighted by molar-refractivity contribution is -0.115. The van der Waals surface area contributed by atoms with Crippen molar-refractivity contribution in [1.82, 2.24) is 9.88 Å². The highest BCUT2D eigenvalue weighted by Crippen LogP contribution is 2.26. The van der Waals surface area contributed by atoms with Gasteiger partial charge in [0.25, 0.3) is 0 Å². The Morgan fingerprint density at radius 1 is 1.22 bits per heavy atom. The summed E-state index contributed by atoms with van der Waals surface area (Å²) in [5.41, 5.74) is 3.01. The Morgan fingerprint density at radius 3 is 2.65 bits per heavy atom. The van der Waals surface area contributed by atoms with Gasteiger partial charge in [0.05, 0.1) is 5.52 Å². The summed E-state index contributed by atoms with van der Waals surface area (Å²) in [6.45, 7) is 8.13. The molecule has 1 N–H and O–H groups in total. The van der Waals surface area contributed by atoms with E-state index in [9.17, 15) is 4.79 Å². The number of hydrogen-bond donors (Lipinski definition) is 1. The van der Waals surface area contributed by atoms with Gasteiger partial charge in [-0.3, -0.25) is 4.79 Å². The van der Waals surface area contributed by atoms with Crippen molar-refractivity contribution in [3.05, 3.63) is 29.8 Å². The number of anilines is 2. The number of pyridine rings is 1. The normalized spacial score (nSPS) is 15.9. The average Bonchev–Trinajstić information content (AvgIpc) is 2.55. The Balaban J connectivity index is 1.90.